The second-order valence-electron chi connectivity index (χ2n) is 1.63. The van der Waals surface area contributed by atoms with Crippen molar-refractivity contribution in [3.8, 4) is 0 Å². The average Bonchev–Trinajstić information content (AvgIpc) is 1.89. The molecule has 0 aromatic rings. The fourth-order valence-electron chi connectivity index (χ4n) is 0.415. The lowest BCUT2D eigenvalue weighted by molar-refractivity contribution is -0.514. The normalized spacial score (nSPS) is 12.7. The summed E-state index contributed by atoms with van der Waals surface area (Å²) in [5, 5.41) is 2.00. The van der Waals surface area contributed by atoms with E-state index in [2.05, 4.69) is 0 Å². The number of hydrogen-bond acceptors (Lipinski definition) is 0. The number of hydrogen-bond donors (Lipinski definition) is 1. The van der Waals surface area contributed by atoms with E-state index in [1.54, 1.807) is 0 Å². The molecule has 0 saturated heterocycles. The number of nitrogens with two attached hydrogens (primary N) is 1. The Hall–Kier alpha value is -0.820. The molecule has 0 aromatic heterocycles. The van der Waals surface area contributed by atoms with Gasteiger partial charge in [0.05, 0.1) is 12.4 Å². The molecule has 0 aliphatic heterocycles. The van der Waals surface area contributed by atoms with E-state index < -0.39 is 0 Å². The van der Waals surface area contributed by atoms with E-state index >= 15 is 0 Å². The van der Waals surface area contributed by atoms with Crippen LogP contribution in [-0.4, -0.2) is 0 Å². The summed E-state index contributed by atoms with van der Waals surface area (Å²) < 4.78 is 0. The second-order valence-corrected chi connectivity index (χ2v) is 1.63. The molecule has 0 unspecified atom stereocenters. The van der Waals surface area contributed by atoms with E-state index in [0.29, 0.717) is 0 Å². The van der Waals surface area contributed by atoms with E-state index in [9.17, 15) is 0 Å². The SMILES string of the molecule is C/C=C/C=C/[NH2+]/C=C/C. The van der Waals surface area contributed by atoms with Gasteiger partial charge >= 0.3 is 0 Å². The van der Waals surface area contributed by atoms with Gasteiger partial charge in [-0.25, -0.2) is 0 Å². The van der Waals surface area contributed by atoms with Crippen molar-refractivity contribution >= 4 is 0 Å². The molecule has 1 heteroatoms. The zero-order chi connectivity index (χ0) is 6.95. The van der Waals surface area contributed by atoms with E-state index in [0.717, 1.165) is 0 Å². The standard InChI is InChI=1S/C8H13N/c1-3-5-6-8-9-7-4-2/h3-9H,1-2H3/p+1/b5-3+,7-4+,8-6+. The Morgan fingerprint density at radius 2 is 1.67 bits per heavy atom. The van der Waals surface area contributed by atoms with Gasteiger partial charge < -0.3 is 0 Å². The maximum atomic E-state index is 2.00. The summed E-state index contributed by atoms with van der Waals surface area (Å²) in [7, 11) is 0. The molecule has 50 valence electrons. The zero-order valence-corrected chi connectivity index (χ0v) is 6.04. The van der Waals surface area contributed by atoms with Gasteiger partial charge in [-0.3, -0.25) is 5.32 Å². The van der Waals surface area contributed by atoms with Crippen LogP contribution in [0.5, 0.6) is 0 Å². The first kappa shape index (κ1) is 8.18. The molecule has 0 aliphatic carbocycles. The lowest BCUT2D eigenvalue weighted by Crippen LogP contribution is -2.70. The lowest BCUT2D eigenvalue weighted by atomic mass is 10.5. The maximum absolute atomic E-state index is 2.00. The summed E-state index contributed by atoms with van der Waals surface area (Å²) in [6.45, 7) is 4.00. The molecule has 0 aromatic carbocycles. The highest BCUT2D eigenvalue weighted by Crippen LogP contribution is 1.67. The largest absolute Gasteiger partial charge is 0.294 e. The Bertz CT molecular complexity index is 121. The van der Waals surface area contributed by atoms with Crippen LogP contribution < -0.4 is 5.32 Å². The van der Waals surface area contributed by atoms with Crippen molar-refractivity contribution in [2.45, 2.75) is 13.8 Å². The van der Waals surface area contributed by atoms with E-state index in [1.165, 1.54) is 0 Å². The molecule has 0 aliphatic rings. The van der Waals surface area contributed by atoms with Gasteiger partial charge in [0.1, 0.15) is 0 Å². The van der Waals surface area contributed by atoms with Crippen molar-refractivity contribution in [1.82, 2.24) is 0 Å². The van der Waals surface area contributed by atoms with E-state index in [1.807, 2.05) is 55.9 Å². The van der Waals surface area contributed by atoms with Crippen molar-refractivity contribution in [3.63, 3.8) is 0 Å². The molecule has 0 spiro atoms. The monoisotopic (exact) mass is 124 g/mol. The first-order valence-corrected chi connectivity index (χ1v) is 3.15. The van der Waals surface area contributed by atoms with Crippen molar-refractivity contribution in [1.29, 1.82) is 0 Å². The summed E-state index contributed by atoms with van der Waals surface area (Å²) in [5.74, 6) is 0. The molecule has 2 N–H and O–H groups in total. The Kier molecular flexibility index (Phi) is 6.53. The van der Waals surface area contributed by atoms with Crippen molar-refractivity contribution in [2.24, 2.45) is 0 Å². The van der Waals surface area contributed by atoms with Crippen molar-refractivity contribution in [2.75, 3.05) is 0 Å². The Balaban J connectivity index is 3.25. The number of allylic oxidation sites excluding steroid dienone is 4. The van der Waals surface area contributed by atoms with Crippen molar-refractivity contribution < 1.29 is 5.32 Å². The van der Waals surface area contributed by atoms with Crippen molar-refractivity contribution in [3.05, 3.63) is 36.7 Å². The van der Waals surface area contributed by atoms with E-state index in [4.69, 9.17) is 0 Å². The highest BCUT2D eigenvalue weighted by molar-refractivity contribution is 4.97. The molecule has 1 nitrogen and oxygen atoms in total. The van der Waals surface area contributed by atoms with Crippen LogP contribution in [-0.2, 0) is 0 Å². The first-order valence-electron chi connectivity index (χ1n) is 3.15. The zero-order valence-electron chi connectivity index (χ0n) is 6.04. The Labute approximate surface area is 56.8 Å². The molecular weight excluding hydrogens is 110 g/mol. The van der Waals surface area contributed by atoms with Gasteiger partial charge in [-0.2, -0.15) is 0 Å². The minimum absolute atomic E-state index is 2.00. The summed E-state index contributed by atoms with van der Waals surface area (Å²) in [6.07, 6.45) is 12.0. The van der Waals surface area contributed by atoms with Gasteiger partial charge in [-0.1, -0.05) is 12.2 Å². The molecule has 0 saturated carbocycles. The van der Waals surface area contributed by atoms with Crippen LogP contribution >= 0.6 is 0 Å². The van der Waals surface area contributed by atoms with E-state index in [-0.39, 0.29) is 0 Å². The molecule has 0 atom stereocenters. The minimum Gasteiger partial charge on any atom is -0.294 e. The van der Waals surface area contributed by atoms with Crippen LogP contribution in [0.3, 0.4) is 0 Å². The van der Waals surface area contributed by atoms with Gasteiger partial charge in [0.2, 0.25) is 0 Å². The molecule has 9 heavy (non-hydrogen) atoms. The highest BCUT2D eigenvalue weighted by atomic mass is 14.8. The molecule has 0 amide bonds. The summed E-state index contributed by atoms with van der Waals surface area (Å²) in [5.41, 5.74) is 0. The van der Waals surface area contributed by atoms with Crippen LogP contribution in [0, 0.1) is 0 Å². The van der Waals surface area contributed by atoms with Crippen LogP contribution in [0.2, 0.25) is 0 Å². The third kappa shape index (κ3) is 7.18. The van der Waals surface area contributed by atoms with Gasteiger partial charge in [0.25, 0.3) is 0 Å². The van der Waals surface area contributed by atoms with Gasteiger partial charge in [-0.15, -0.1) is 0 Å². The smallest absolute Gasteiger partial charge is 0.0971 e. The van der Waals surface area contributed by atoms with Crippen LogP contribution in [0.1, 0.15) is 13.8 Å². The number of rotatable bonds is 3. The van der Waals surface area contributed by atoms with Gasteiger partial charge in [0.15, 0.2) is 0 Å². The Morgan fingerprint density at radius 1 is 0.889 bits per heavy atom. The molecular formula is C8H14N+. The summed E-state index contributed by atoms with van der Waals surface area (Å²) in [6, 6.07) is 0. The predicted molar refractivity (Wildman–Crippen MR) is 40.7 cm³/mol. The van der Waals surface area contributed by atoms with Gasteiger partial charge in [-0.05, 0) is 26.0 Å². The topological polar surface area (TPSA) is 16.6 Å². The first-order chi connectivity index (χ1) is 4.41. The summed E-state index contributed by atoms with van der Waals surface area (Å²) in [4.78, 5) is 0. The lowest BCUT2D eigenvalue weighted by Gasteiger charge is -1.76. The van der Waals surface area contributed by atoms with Crippen LogP contribution in [0.15, 0.2) is 36.7 Å². The average molecular weight is 124 g/mol. The van der Waals surface area contributed by atoms with Gasteiger partial charge in [0, 0.05) is 0 Å². The fraction of sp³-hybridized carbons (Fsp3) is 0.250. The maximum Gasteiger partial charge on any atom is 0.0971 e. The highest BCUT2D eigenvalue weighted by Gasteiger charge is 1.65. The van der Waals surface area contributed by atoms with Crippen LogP contribution in [0.4, 0.5) is 0 Å². The molecule has 0 fully saturated rings. The third-order valence-corrected chi connectivity index (χ3v) is 0.829. The molecule has 0 rings (SSSR count). The summed E-state index contributed by atoms with van der Waals surface area (Å²) >= 11 is 0. The number of quaternary nitrogens is 1. The molecule has 0 radical (unpaired) electrons. The second kappa shape index (κ2) is 7.18. The third-order valence-electron chi connectivity index (χ3n) is 0.829. The predicted octanol–water partition coefficient (Wildman–Crippen LogP) is 1.17. The minimum atomic E-state index is 2.00. The van der Waals surface area contributed by atoms with Crippen LogP contribution in [0.25, 0.3) is 0 Å². The fourth-order valence-corrected chi connectivity index (χ4v) is 0.415. The molecule has 0 bridgehead atoms. The Morgan fingerprint density at radius 3 is 2.22 bits per heavy atom. The molecule has 0 heterocycles. The quantitative estimate of drug-likeness (QED) is 0.544.